The number of hydrogen-bond donors (Lipinski definition) is 0. The molecule has 22 heavy (non-hydrogen) atoms. The SMILES string of the molecule is CC(C)(C)c1ccc(N2C[C@@H](COS(C)(=O)=O)CC2=O)cc1. The second kappa shape index (κ2) is 6.01. The van der Waals surface area contributed by atoms with Crippen LogP contribution in [0.3, 0.4) is 0 Å². The number of carbonyl (C=O) groups is 1. The van der Waals surface area contributed by atoms with Crippen LogP contribution in [0.15, 0.2) is 24.3 Å². The molecule has 5 nitrogen and oxygen atoms in total. The van der Waals surface area contributed by atoms with Crippen LogP contribution in [0.2, 0.25) is 0 Å². The predicted octanol–water partition coefficient (Wildman–Crippen LogP) is 2.31. The van der Waals surface area contributed by atoms with Crippen LogP contribution >= 0.6 is 0 Å². The highest BCUT2D eigenvalue weighted by atomic mass is 32.2. The minimum Gasteiger partial charge on any atom is -0.312 e. The zero-order valence-electron chi connectivity index (χ0n) is 13.5. The molecule has 0 unspecified atom stereocenters. The highest BCUT2D eigenvalue weighted by Gasteiger charge is 2.31. The van der Waals surface area contributed by atoms with E-state index in [0.717, 1.165) is 11.9 Å². The fraction of sp³-hybridized carbons (Fsp3) is 0.562. The van der Waals surface area contributed by atoms with Gasteiger partial charge in [0.25, 0.3) is 10.1 Å². The van der Waals surface area contributed by atoms with Crippen LogP contribution in [0.25, 0.3) is 0 Å². The number of carbonyl (C=O) groups excluding carboxylic acids is 1. The van der Waals surface area contributed by atoms with E-state index in [4.69, 9.17) is 4.18 Å². The number of benzene rings is 1. The fourth-order valence-electron chi connectivity index (χ4n) is 2.50. The van der Waals surface area contributed by atoms with Gasteiger partial charge in [-0.05, 0) is 23.1 Å². The van der Waals surface area contributed by atoms with Crippen molar-refractivity contribution in [2.24, 2.45) is 5.92 Å². The van der Waals surface area contributed by atoms with Gasteiger partial charge in [-0.1, -0.05) is 32.9 Å². The van der Waals surface area contributed by atoms with Crippen LogP contribution < -0.4 is 4.90 Å². The summed E-state index contributed by atoms with van der Waals surface area (Å²) >= 11 is 0. The molecular formula is C16H23NO4S. The molecule has 1 fully saturated rings. The van der Waals surface area contributed by atoms with Gasteiger partial charge in [0.1, 0.15) is 0 Å². The van der Waals surface area contributed by atoms with Gasteiger partial charge in [-0.2, -0.15) is 8.42 Å². The molecule has 1 heterocycles. The van der Waals surface area contributed by atoms with Crippen LogP contribution in [0.5, 0.6) is 0 Å². The van der Waals surface area contributed by atoms with E-state index in [1.165, 1.54) is 5.56 Å². The minimum absolute atomic E-state index is 0.00519. The molecule has 0 aromatic heterocycles. The molecule has 122 valence electrons. The van der Waals surface area contributed by atoms with Gasteiger partial charge < -0.3 is 4.90 Å². The smallest absolute Gasteiger partial charge is 0.264 e. The maximum atomic E-state index is 12.1. The molecule has 1 atom stereocenters. The van der Waals surface area contributed by atoms with Gasteiger partial charge in [0.2, 0.25) is 5.91 Å². The van der Waals surface area contributed by atoms with E-state index in [2.05, 4.69) is 20.8 Å². The van der Waals surface area contributed by atoms with Crippen LogP contribution in [-0.4, -0.2) is 33.7 Å². The third kappa shape index (κ3) is 4.30. The Hall–Kier alpha value is -1.40. The van der Waals surface area contributed by atoms with E-state index in [1.54, 1.807) is 4.90 Å². The highest BCUT2D eigenvalue weighted by molar-refractivity contribution is 7.85. The summed E-state index contributed by atoms with van der Waals surface area (Å²) in [5.74, 6) is -0.0878. The zero-order valence-corrected chi connectivity index (χ0v) is 14.3. The molecule has 0 bridgehead atoms. The Morgan fingerprint density at radius 1 is 1.23 bits per heavy atom. The Morgan fingerprint density at radius 2 is 1.82 bits per heavy atom. The molecule has 1 aliphatic heterocycles. The average molecular weight is 325 g/mol. The number of nitrogens with zero attached hydrogens (tertiary/aromatic N) is 1. The number of hydrogen-bond acceptors (Lipinski definition) is 4. The Kier molecular flexibility index (Phi) is 4.63. The van der Waals surface area contributed by atoms with Gasteiger partial charge in [-0.3, -0.25) is 8.98 Å². The Balaban J connectivity index is 2.05. The Labute approximate surface area is 132 Å². The third-order valence-corrected chi connectivity index (χ3v) is 4.33. The van der Waals surface area contributed by atoms with Crippen molar-refractivity contribution in [2.45, 2.75) is 32.6 Å². The average Bonchev–Trinajstić information content (AvgIpc) is 2.76. The minimum atomic E-state index is -3.46. The van der Waals surface area contributed by atoms with Crippen molar-refractivity contribution in [1.82, 2.24) is 0 Å². The first kappa shape index (κ1) is 17.0. The van der Waals surface area contributed by atoms with Gasteiger partial charge in [0.15, 0.2) is 0 Å². The molecule has 2 rings (SSSR count). The Bertz CT molecular complexity index is 644. The molecule has 0 spiro atoms. The highest BCUT2D eigenvalue weighted by Crippen LogP contribution is 2.28. The van der Waals surface area contributed by atoms with E-state index < -0.39 is 10.1 Å². The van der Waals surface area contributed by atoms with Crippen molar-refractivity contribution >= 4 is 21.7 Å². The summed E-state index contributed by atoms with van der Waals surface area (Å²) in [5, 5.41) is 0. The summed E-state index contributed by atoms with van der Waals surface area (Å²) in [6.45, 7) is 6.97. The standard InChI is InChI=1S/C16H23NO4S/c1-16(2,3)13-5-7-14(8-6-13)17-10-12(9-15(17)18)11-21-22(4,19)20/h5-8,12H,9-11H2,1-4H3/t12-/m0/s1. The monoisotopic (exact) mass is 325 g/mol. The molecule has 0 N–H and O–H groups in total. The van der Waals surface area contributed by atoms with E-state index in [0.29, 0.717) is 13.0 Å². The van der Waals surface area contributed by atoms with Crippen LogP contribution in [0.1, 0.15) is 32.8 Å². The molecule has 1 aromatic rings. The first-order valence-corrected chi connectivity index (χ1v) is 9.13. The summed E-state index contributed by atoms with van der Waals surface area (Å²) in [4.78, 5) is 13.8. The second-order valence-electron chi connectivity index (χ2n) is 6.86. The first-order valence-electron chi connectivity index (χ1n) is 7.31. The Morgan fingerprint density at radius 3 is 2.32 bits per heavy atom. The van der Waals surface area contributed by atoms with Gasteiger partial charge in [-0.25, -0.2) is 0 Å². The van der Waals surface area contributed by atoms with Crippen molar-refractivity contribution in [2.75, 3.05) is 24.3 Å². The van der Waals surface area contributed by atoms with E-state index in [1.807, 2.05) is 24.3 Å². The van der Waals surface area contributed by atoms with Gasteiger partial charge in [0, 0.05) is 24.6 Å². The lowest BCUT2D eigenvalue weighted by Gasteiger charge is -2.21. The molecular weight excluding hydrogens is 302 g/mol. The van der Waals surface area contributed by atoms with Gasteiger partial charge in [0.05, 0.1) is 12.9 Å². The topological polar surface area (TPSA) is 63.7 Å². The molecule has 1 saturated heterocycles. The summed E-state index contributed by atoms with van der Waals surface area (Å²) in [5.41, 5.74) is 2.12. The van der Waals surface area contributed by atoms with Crippen LogP contribution in [-0.2, 0) is 24.5 Å². The van der Waals surface area contributed by atoms with Crippen molar-refractivity contribution < 1.29 is 17.4 Å². The lowest BCUT2D eigenvalue weighted by Crippen LogP contribution is -2.25. The molecule has 0 saturated carbocycles. The molecule has 1 amide bonds. The molecule has 0 radical (unpaired) electrons. The quantitative estimate of drug-likeness (QED) is 0.797. The fourth-order valence-corrected chi connectivity index (χ4v) is 2.94. The van der Waals surface area contributed by atoms with Crippen molar-refractivity contribution in [3.63, 3.8) is 0 Å². The van der Waals surface area contributed by atoms with E-state index in [-0.39, 0.29) is 23.8 Å². The number of rotatable bonds is 4. The van der Waals surface area contributed by atoms with Crippen LogP contribution in [0, 0.1) is 5.92 Å². The summed E-state index contributed by atoms with van der Waals surface area (Å²) in [6, 6.07) is 7.95. The molecule has 6 heteroatoms. The normalized spacial score (nSPS) is 19.7. The summed E-state index contributed by atoms with van der Waals surface area (Å²) in [7, 11) is -3.46. The van der Waals surface area contributed by atoms with Crippen LogP contribution in [0.4, 0.5) is 5.69 Å². The third-order valence-electron chi connectivity index (χ3n) is 3.77. The largest absolute Gasteiger partial charge is 0.312 e. The molecule has 0 aliphatic carbocycles. The second-order valence-corrected chi connectivity index (χ2v) is 8.50. The van der Waals surface area contributed by atoms with E-state index >= 15 is 0 Å². The molecule has 1 aromatic carbocycles. The zero-order chi connectivity index (χ0) is 16.5. The number of anilines is 1. The van der Waals surface area contributed by atoms with E-state index in [9.17, 15) is 13.2 Å². The number of amides is 1. The summed E-state index contributed by atoms with van der Waals surface area (Å²) < 4.78 is 26.9. The van der Waals surface area contributed by atoms with Crippen molar-refractivity contribution in [3.05, 3.63) is 29.8 Å². The molecule has 1 aliphatic rings. The van der Waals surface area contributed by atoms with Gasteiger partial charge >= 0.3 is 0 Å². The summed E-state index contributed by atoms with van der Waals surface area (Å²) in [6.07, 6.45) is 1.34. The maximum Gasteiger partial charge on any atom is 0.264 e. The van der Waals surface area contributed by atoms with Crippen molar-refractivity contribution in [1.29, 1.82) is 0 Å². The predicted molar refractivity (Wildman–Crippen MR) is 86.4 cm³/mol. The lowest BCUT2D eigenvalue weighted by atomic mass is 9.87. The van der Waals surface area contributed by atoms with Crippen molar-refractivity contribution in [3.8, 4) is 0 Å². The maximum absolute atomic E-state index is 12.1. The van der Waals surface area contributed by atoms with Gasteiger partial charge in [-0.15, -0.1) is 0 Å². The lowest BCUT2D eigenvalue weighted by molar-refractivity contribution is -0.117. The first-order chi connectivity index (χ1) is 10.1.